The molecule has 0 bridgehead atoms. The third kappa shape index (κ3) is 37.7. The van der Waals surface area contributed by atoms with Crippen molar-refractivity contribution < 1.29 is 72.4 Å². The second-order valence-corrected chi connectivity index (χ2v) is 41.4. The lowest BCUT2D eigenvalue weighted by atomic mass is 9.74. The van der Waals surface area contributed by atoms with Crippen molar-refractivity contribution in [2.24, 2.45) is 58.6 Å². The number of aliphatic hydroxyl groups is 3. The topological polar surface area (TPSA) is 354 Å². The number of urea groups is 4. The second kappa shape index (κ2) is 62.2. The molecule has 12 rings (SSSR count). The number of nitrogens with one attached hydrogen (secondary N) is 5. The van der Waals surface area contributed by atoms with Gasteiger partial charge in [-0.25, -0.2) is 19.2 Å². The summed E-state index contributed by atoms with van der Waals surface area (Å²) in [4.78, 5) is 60.1. The molecule has 8 fully saturated rings. The molecule has 768 valence electrons. The first-order chi connectivity index (χ1) is 65.9. The van der Waals surface area contributed by atoms with Crippen LogP contribution >= 0.6 is 46.4 Å². The summed E-state index contributed by atoms with van der Waals surface area (Å²) in [6.07, 6.45) is 32.3. The van der Waals surface area contributed by atoms with Crippen LogP contribution in [0, 0.1) is 41.4 Å². The first-order valence-electron chi connectivity index (χ1n) is 51.3. The van der Waals surface area contributed by atoms with E-state index in [4.69, 9.17) is 101 Å². The van der Waals surface area contributed by atoms with Gasteiger partial charge in [0.25, 0.3) is 0 Å². The second-order valence-electron chi connectivity index (χ2n) is 39.7. The number of likely N-dealkylation sites (tertiary alicyclic amines) is 4. The largest absolute Gasteiger partial charge is 0.385 e. The SMILES string of the molecule is CNC[C@H](CC1CCCCC1)NC(=O)N1CCC[C@@H]([C@@H](COCCOC)c2cccc(Cl)c2)C1.COCCCC[C@@](O)(c1cccc(Cl)c1)[C@@H]1CCCN(C(=O)NC[C@@H](N)CC2CCOCC2)C1.COCCCC[C@@](O)(c1cccc(Cl)c1)[C@@H]1CCCN(C(=O)N[C@H](CN)CC2CC(OC)C2)C1.COCCCC[C@@](O)(c1cccc(Cl)c1)[C@@H]1CCCN(C(=O)N[C@H](CN)CC2CCCCO2)C1. The van der Waals surface area contributed by atoms with E-state index in [9.17, 15) is 34.5 Å². The van der Waals surface area contributed by atoms with Crippen molar-refractivity contribution in [3.63, 3.8) is 0 Å². The van der Waals surface area contributed by atoms with Crippen molar-refractivity contribution in [3.8, 4) is 0 Å². The Morgan fingerprint density at radius 2 is 0.890 bits per heavy atom. The molecule has 27 nitrogen and oxygen atoms in total. The Kier molecular flexibility index (Phi) is 52.2. The number of nitrogens with two attached hydrogens (primary N) is 3. The van der Waals surface area contributed by atoms with E-state index < -0.39 is 16.8 Å². The summed E-state index contributed by atoms with van der Waals surface area (Å²) >= 11 is 25.1. The zero-order chi connectivity index (χ0) is 97.5. The normalized spacial score (nSPS) is 23.2. The Morgan fingerprint density at radius 1 is 0.456 bits per heavy atom. The van der Waals surface area contributed by atoms with Gasteiger partial charge in [-0.1, -0.05) is 127 Å². The predicted octanol–water partition coefficient (Wildman–Crippen LogP) is 16.9. The average Bonchev–Trinajstić information content (AvgIpc) is 0.785. The minimum absolute atomic E-state index is 0.0449. The molecule has 136 heavy (non-hydrogen) atoms. The van der Waals surface area contributed by atoms with Crippen LogP contribution in [-0.2, 0) is 54.7 Å². The van der Waals surface area contributed by atoms with E-state index in [0.29, 0.717) is 157 Å². The molecule has 2 aliphatic carbocycles. The van der Waals surface area contributed by atoms with Gasteiger partial charge >= 0.3 is 24.1 Å². The molecule has 1 unspecified atom stereocenters. The molecule has 4 aromatic rings. The highest BCUT2D eigenvalue weighted by Crippen LogP contribution is 2.45. The molecule has 6 heterocycles. The Hall–Kier alpha value is -5.48. The number of carbonyl (C=O) groups excluding carboxylic acids is 4. The molecule has 8 aliphatic rings. The smallest absolute Gasteiger partial charge is 0.317 e. The minimum atomic E-state index is -1.05. The van der Waals surface area contributed by atoms with Crippen LogP contribution in [0.4, 0.5) is 19.2 Å². The molecule has 2 saturated carbocycles. The summed E-state index contributed by atoms with van der Waals surface area (Å²) in [7, 11) is 10.5. The predicted molar refractivity (Wildman–Crippen MR) is 543 cm³/mol. The van der Waals surface area contributed by atoms with Gasteiger partial charge < -0.3 is 117 Å². The fraction of sp³-hybridized carbons (Fsp3) is 0.733. The standard InChI is InChI=1S/C27H44ClN3O3.3C26H42ClN3O4/c1-29-18-25(16-21-8-4-3-5-9-21)30-27(32)31-13-7-11-23(19-31)26(20-34-15-14-33-2)22-10-6-12-24(28)17-22;1-33-12-4-3-10-26(32,20-7-5-9-22(27)16-20)21-8-6-11-30(18-21)25(31)29-23(17-28)13-19-14-24(15-19)34-2;1-33-14-5-3-12-26(32,20-8-6-10-22(27)16-20)21-9-7-13-30(19-21)25(31)29-23(18-28)17-24-11-2-4-15-34-24;1-33-13-3-2-11-26(32,21-6-4-8-23(27)17-21)22-7-5-12-30(19-22)25(31)29-18-24(28)16-20-9-14-34-15-10-20/h6,10,12,17,21,23,25-26,29H,3-5,7-9,11,13-16,18-20H2,1-2H3,(H,30,32);5,7,9,16,19,21,23-24,32H,3-4,6,8,10-15,17-18,28H2,1-2H3,(H,29,31);6,8,10,16,21,23-24,32H,2-5,7,9,11-15,17-19,28H2,1H3,(H,29,31);4,6,8,17,20,22,24,32H,2-3,5,7,9-16,18-19,28H2,1H3,(H,29,31)/t23-,25+,26+;19?,21-,23+,24?,26-;21-,23+,24?,26-;22-,24+,26-/m1111/s1. The third-order valence-corrected chi connectivity index (χ3v) is 30.7. The van der Waals surface area contributed by atoms with E-state index in [1.807, 2.05) is 118 Å². The number of halogens is 4. The van der Waals surface area contributed by atoms with Crippen molar-refractivity contribution in [1.82, 2.24) is 46.2 Å². The Morgan fingerprint density at radius 3 is 1.34 bits per heavy atom. The number of hydrogen-bond donors (Lipinski definition) is 11. The van der Waals surface area contributed by atoms with Gasteiger partial charge in [-0.3, -0.25) is 0 Å². The third-order valence-electron chi connectivity index (χ3n) is 29.7. The highest BCUT2D eigenvalue weighted by atomic mass is 35.5. The first-order valence-corrected chi connectivity index (χ1v) is 52.8. The van der Waals surface area contributed by atoms with Gasteiger partial charge in [-0.15, -0.1) is 0 Å². The number of methoxy groups -OCH3 is 5. The lowest BCUT2D eigenvalue weighted by molar-refractivity contribution is -0.0568. The molecular weight excluding hydrogens is 1810 g/mol. The van der Waals surface area contributed by atoms with E-state index in [1.54, 1.807) is 35.5 Å². The van der Waals surface area contributed by atoms with Crippen LogP contribution in [0.2, 0.25) is 20.1 Å². The summed E-state index contributed by atoms with van der Waals surface area (Å²) < 4.78 is 43.3. The van der Waals surface area contributed by atoms with Crippen molar-refractivity contribution in [2.45, 2.75) is 271 Å². The van der Waals surface area contributed by atoms with Gasteiger partial charge in [0.2, 0.25) is 0 Å². The number of benzene rings is 4. The number of carbonyl (C=O) groups is 4. The van der Waals surface area contributed by atoms with Crippen molar-refractivity contribution in [1.29, 1.82) is 0 Å². The zero-order valence-corrected chi connectivity index (χ0v) is 85.8. The highest BCUT2D eigenvalue weighted by molar-refractivity contribution is 6.31. The molecule has 6 saturated heterocycles. The van der Waals surface area contributed by atoms with Crippen molar-refractivity contribution >= 4 is 70.5 Å². The van der Waals surface area contributed by atoms with Gasteiger partial charge in [0.15, 0.2) is 0 Å². The molecular formula is C105H170Cl4N12O15. The number of likely N-dealkylation sites (N-methyl/N-ethyl adjacent to an activating group) is 1. The maximum atomic E-state index is 13.3. The van der Waals surface area contributed by atoms with Crippen LogP contribution in [0.25, 0.3) is 0 Å². The van der Waals surface area contributed by atoms with E-state index in [1.165, 1.54) is 37.7 Å². The number of amides is 8. The molecule has 6 aliphatic heterocycles. The maximum Gasteiger partial charge on any atom is 0.317 e. The minimum Gasteiger partial charge on any atom is -0.385 e. The molecule has 13 atom stereocenters. The lowest BCUT2D eigenvalue weighted by Gasteiger charge is -2.43. The van der Waals surface area contributed by atoms with Crippen LogP contribution in [0.1, 0.15) is 240 Å². The maximum absolute atomic E-state index is 13.3. The van der Waals surface area contributed by atoms with Crippen molar-refractivity contribution in [3.05, 3.63) is 139 Å². The molecule has 14 N–H and O–H groups in total. The number of rotatable bonds is 46. The fourth-order valence-corrected chi connectivity index (χ4v) is 22.6. The van der Waals surface area contributed by atoms with Gasteiger partial charge in [0.05, 0.1) is 48.8 Å². The number of ether oxygens (including phenoxy) is 8. The highest BCUT2D eigenvalue weighted by Gasteiger charge is 2.46. The van der Waals surface area contributed by atoms with E-state index in [2.05, 4.69) is 32.7 Å². The van der Waals surface area contributed by atoms with Crippen LogP contribution in [0.15, 0.2) is 97.1 Å². The number of piperidine rings is 4. The monoisotopic (exact) mass is 1980 g/mol. The summed E-state index contributed by atoms with van der Waals surface area (Å²) in [5, 5.41) is 54.4. The number of nitrogens with zero attached hydrogens (tertiary/aromatic N) is 4. The number of hydrogen-bond acceptors (Lipinski definition) is 19. The van der Waals surface area contributed by atoms with E-state index >= 15 is 0 Å². The number of unbranched alkanes of at least 4 members (excludes halogenated alkanes) is 3. The first kappa shape index (κ1) is 114. The van der Waals surface area contributed by atoms with Crippen LogP contribution in [-0.4, -0.2) is 276 Å². The Labute approximate surface area is 833 Å². The van der Waals surface area contributed by atoms with Crippen LogP contribution < -0.4 is 43.8 Å². The summed E-state index contributed by atoms with van der Waals surface area (Å²) in [6.45, 7) is 13.3. The Balaban J connectivity index is 0.000000203. The Bertz CT molecular complexity index is 4030. The fourth-order valence-electron chi connectivity index (χ4n) is 21.8. The quantitative estimate of drug-likeness (QED) is 0.0183. The van der Waals surface area contributed by atoms with Gasteiger partial charge in [0.1, 0.15) is 0 Å². The van der Waals surface area contributed by atoms with Crippen LogP contribution in [0.5, 0.6) is 0 Å². The van der Waals surface area contributed by atoms with Gasteiger partial charge in [-0.2, -0.15) is 0 Å². The summed E-state index contributed by atoms with van der Waals surface area (Å²) in [5.74, 6) is 2.17. The molecule has 0 radical (unpaired) electrons. The molecule has 0 spiro atoms. The molecule has 8 amide bonds. The molecule has 31 heteroatoms. The van der Waals surface area contributed by atoms with Crippen molar-refractivity contribution in [2.75, 3.05) is 181 Å². The van der Waals surface area contributed by atoms with Gasteiger partial charge in [-0.05, 0) is 281 Å². The molecule has 0 aromatic heterocycles. The van der Waals surface area contributed by atoms with E-state index in [0.717, 1.165) is 228 Å². The van der Waals surface area contributed by atoms with E-state index in [-0.39, 0.29) is 78.1 Å². The average molecular weight is 1980 g/mol. The zero-order valence-electron chi connectivity index (χ0n) is 82.8. The van der Waals surface area contributed by atoms with Gasteiger partial charge in [0, 0.05) is 222 Å². The summed E-state index contributed by atoms with van der Waals surface area (Å²) in [6, 6.07) is 30.3. The molecule has 4 aromatic carbocycles. The summed E-state index contributed by atoms with van der Waals surface area (Å²) in [5.41, 5.74) is 18.8. The van der Waals surface area contributed by atoms with Crippen LogP contribution in [0.3, 0.4) is 0 Å². The lowest BCUT2D eigenvalue weighted by Crippen LogP contribution is -2.54.